The Morgan fingerprint density at radius 1 is 0.310 bits per heavy atom. The molecule has 0 bridgehead atoms. The van der Waals surface area contributed by atoms with Gasteiger partial charge in [0.05, 0.1) is 38.8 Å². The summed E-state index contributed by atoms with van der Waals surface area (Å²) in [5.41, 5.74) is 21.0. The van der Waals surface area contributed by atoms with Gasteiger partial charge >= 0.3 is 0 Å². The summed E-state index contributed by atoms with van der Waals surface area (Å²) in [6.45, 7) is 8.20. The van der Waals surface area contributed by atoms with E-state index >= 15 is 0 Å². The highest BCUT2D eigenvalue weighted by molar-refractivity contribution is 6.32. The zero-order valence-electron chi connectivity index (χ0n) is 47.5. The van der Waals surface area contributed by atoms with Gasteiger partial charge in [-0.05, 0) is 94.1 Å². The van der Waals surface area contributed by atoms with Crippen molar-refractivity contribution in [3.63, 3.8) is 0 Å². The Kier molecular flexibility index (Phi) is 12.4. The molecule has 12 aromatic carbocycles. The predicted octanol–water partition coefficient (Wildman–Crippen LogP) is 20.9. The van der Waals surface area contributed by atoms with Crippen LogP contribution in [-0.2, 0) is 0 Å². The lowest BCUT2D eigenvalue weighted by atomic mass is 9.91. The number of fused-ring (bicyclic) bond motifs is 11. The fourth-order valence-corrected chi connectivity index (χ4v) is 13.1. The van der Waals surface area contributed by atoms with Gasteiger partial charge in [-0.3, -0.25) is 0 Å². The van der Waals surface area contributed by atoms with Crippen LogP contribution in [0.1, 0.15) is 5.56 Å². The number of rotatable bonds is 12. The lowest BCUT2D eigenvalue weighted by molar-refractivity contribution is 1.07. The van der Waals surface area contributed by atoms with Crippen molar-refractivity contribution in [3.8, 4) is 84.6 Å². The first-order chi connectivity index (χ1) is 43.1. The predicted molar refractivity (Wildman–Crippen MR) is 364 cm³/mol. The number of para-hydroxylation sites is 4. The minimum atomic E-state index is 0.563. The van der Waals surface area contributed by atoms with Crippen LogP contribution in [-0.4, -0.2) is 28.7 Å². The van der Waals surface area contributed by atoms with E-state index in [4.69, 9.17) is 15.0 Å². The highest BCUT2D eigenvalue weighted by atomic mass is 15.1. The zero-order chi connectivity index (χ0) is 58.0. The molecule has 0 unspecified atom stereocenters. The largest absolute Gasteiger partial charge is 0.309 e. The highest BCUT2D eigenvalue weighted by Gasteiger charge is 2.28. The summed E-state index contributed by atoms with van der Waals surface area (Å²) in [4.78, 5) is 15.9. The summed E-state index contributed by atoms with van der Waals surface area (Å²) in [7, 11) is 0. The van der Waals surface area contributed by atoms with Gasteiger partial charge in [0, 0.05) is 71.5 Å². The molecule has 0 saturated heterocycles. The topological polar surface area (TPSA) is 53.5 Å². The summed E-state index contributed by atoms with van der Waals surface area (Å²) in [6, 6.07) is 102. The average molecular weight is 1110 g/mol. The van der Waals surface area contributed by atoms with Crippen LogP contribution in [0.2, 0.25) is 0 Å². The molecule has 408 valence electrons. The number of aromatic nitrogens is 6. The smallest absolute Gasteiger partial charge is 0.164 e. The number of benzene rings is 12. The number of hydrogen-bond donors (Lipinski definition) is 0. The van der Waals surface area contributed by atoms with Crippen LogP contribution >= 0.6 is 0 Å². The third kappa shape index (κ3) is 8.53. The van der Waals surface area contributed by atoms with Crippen LogP contribution in [0.5, 0.6) is 0 Å². The van der Waals surface area contributed by atoms with Gasteiger partial charge in [0.1, 0.15) is 0 Å². The van der Waals surface area contributed by atoms with Gasteiger partial charge in [-0.15, -0.1) is 0 Å². The van der Waals surface area contributed by atoms with E-state index in [0.29, 0.717) is 17.5 Å². The Morgan fingerprint density at radius 3 is 1.20 bits per heavy atom. The number of hydrogen-bond acceptors (Lipinski definition) is 3. The molecule has 0 N–H and O–H groups in total. The van der Waals surface area contributed by atoms with Crippen molar-refractivity contribution in [2.75, 3.05) is 0 Å². The van der Waals surface area contributed by atoms with Crippen molar-refractivity contribution in [1.82, 2.24) is 28.7 Å². The Labute approximate surface area is 503 Å². The normalized spacial score (nSPS) is 11.8. The van der Waals surface area contributed by atoms with Crippen molar-refractivity contribution >= 4 is 71.0 Å². The lowest BCUT2D eigenvalue weighted by Crippen LogP contribution is -2.04. The molecule has 4 aromatic heterocycles. The molecule has 0 fully saturated rings. The molecule has 4 heterocycles. The Bertz CT molecular complexity index is 5310. The first-order valence-electron chi connectivity index (χ1n) is 29.4. The fraction of sp³-hybridized carbons (Fsp3) is 0. The van der Waals surface area contributed by atoms with E-state index in [-0.39, 0.29) is 0 Å². The maximum absolute atomic E-state index is 5.38. The molecular weight excluding hydrogens is 1060 g/mol. The third-order valence-electron chi connectivity index (χ3n) is 17.0. The molecule has 0 saturated carbocycles. The second-order valence-corrected chi connectivity index (χ2v) is 22.0. The summed E-state index contributed by atoms with van der Waals surface area (Å²) in [5.74, 6) is 1.75. The van der Waals surface area contributed by atoms with Gasteiger partial charge < -0.3 is 13.7 Å². The van der Waals surface area contributed by atoms with E-state index in [1.807, 2.05) is 54.6 Å². The maximum Gasteiger partial charge on any atom is 0.164 e. The molecule has 0 aliphatic rings. The highest BCUT2D eigenvalue weighted by Crippen LogP contribution is 2.49. The van der Waals surface area contributed by atoms with Crippen LogP contribution in [0, 0.1) is 0 Å². The van der Waals surface area contributed by atoms with Crippen LogP contribution in [0.15, 0.2) is 317 Å². The van der Waals surface area contributed by atoms with Crippen LogP contribution in [0.3, 0.4) is 0 Å². The van der Waals surface area contributed by atoms with Crippen LogP contribution < -0.4 is 0 Å². The summed E-state index contributed by atoms with van der Waals surface area (Å²) in [5, 5.41) is 7.06. The first kappa shape index (κ1) is 51.0. The second-order valence-electron chi connectivity index (χ2n) is 22.0. The van der Waals surface area contributed by atoms with Gasteiger partial charge in [0.25, 0.3) is 0 Å². The van der Waals surface area contributed by atoms with Gasteiger partial charge in [-0.2, -0.15) is 0 Å². The zero-order valence-corrected chi connectivity index (χ0v) is 47.5. The van der Waals surface area contributed by atoms with Crippen molar-refractivity contribution < 1.29 is 0 Å². The van der Waals surface area contributed by atoms with E-state index in [2.05, 4.69) is 276 Å². The van der Waals surface area contributed by atoms with Crippen LogP contribution in [0.25, 0.3) is 156 Å². The summed E-state index contributed by atoms with van der Waals surface area (Å²) >= 11 is 0. The van der Waals surface area contributed by atoms with Crippen molar-refractivity contribution in [1.29, 1.82) is 0 Å². The first-order valence-corrected chi connectivity index (χ1v) is 29.4. The third-order valence-corrected chi connectivity index (χ3v) is 17.0. The quantitative estimate of drug-likeness (QED) is 0.115. The van der Waals surface area contributed by atoms with Gasteiger partial charge in [0.2, 0.25) is 0 Å². The van der Waals surface area contributed by atoms with Crippen molar-refractivity contribution in [3.05, 3.63) is 322 Å². The van der Waals surface area contributed by atoms with E-state index in [9.17, 15) is 0 Å². The summed E-state index contributed by atoms with van der Waals surface area (Å²) < 4.78 is 7.48. The Hall–Kier alpha value is -11.7. The molecule has 6 heteroatoms. The number of nitrogens with zero attached hydrogens (tertiary/aromatic N) is 6. The molecule has 0 spiro atoms. The Morgan fingerprint density at radius 2 is 0.701 bits per heavy atom. The lowest BCUT2D eigenvalue weighted by Gasteiger charge is -2.21. The molecule has 0 aliphatic heterocycles. The van der Waals surface area contributed by atoms with Crippen molar-refractivity contribution in [2.24, 2.45) is 0 Å². The van der Waals surface area contributed by atoms with Gasteiger partial charge in [-0.25, -0.2) is 15.0 Å². The molecule has 87 heavy (non-hydrogen) atoms. The molecule has 6 nitrogen and oxygen atoms in total. The fourth-order valence-electron chi connectivity index (χ4n) is 13.1. The van der Waals surface area contributed by atoms with E-state index < -0.39 is 0 Å². The summed E-state index contributed by atoms with van der Waals surface area (Å²) in [6.07, 6.45) is 5.70. The van der Waals surface area contributed by atoms with Gasteiger partial charge in [-0.1, -0.05) is 256 Å². The van der Waals surface area contributed by atoms with Crippen LogP contribution in [0.4, 0.5) is 0 Å². The van der Waals surface area contributed by atoms with E-state index in [0.717, 1.165) is 117 Å². The molecule has 16 aromatic rings. The minimum Gasteiger partial charge on any atom is -0.309 e. The standard InChI is InChI=1S/C81H54N6/c1-3-24-53(4-2)55-39-43-57(44-40-55)68-51-61(81-83-79(59-27-12-6-13-28-59)82-80(84-81)60-29-14-7-15-30-60)52-69(58-45-41-56(42-46-58)54-25-10-5-11-26-54)76(68)87-71-38-23-21-36-67(71)75-73(87)50-48-65-64-47-49-72-74(77(64)86(78(65)75)63-33-18-9-19-34-63)66-35-20-22-37-70(66)85(72)62-31-16-8-17-32-62/h3-52H,1-2H2/b53-24+. The molecule has 0 aliphatic carbocycles. The Balaban J connectivity index is 1.05. The molecular formula is C81H54N6. The number of allylic oxidation sites excluding steroid dienone is 4. The van der Waals surface area contributed by atoms with Gasteiger partial charge in [0.15, 0.2) is 17.5 Å². The average Bonchev–Trinajstić information content (AvgIpc) is 1.66. The molecule has 0 atom stereocenters. The second kappa shape index (κ2) is 21.2. The monoisotopic (exact) mass is 1110 g/mol. The minimum absolute atomic E-state index is 0.563. The SMILES string of the molecule is C=C/C=C(\C=C)c1ccc(-c2cc(-c3nc(-c4ccccc4)nc(-c4ccccc4)n3)cc(-c3ccc(-c4ccccc4)cc3)c2-n2c3ccccc3c3c2ccc2c4ccc5c(c6ccccc6n5-c5ccccc5)c4n(-c4ccccc4)c23)cc1. The maximum atomic E-state index is 5.38. The van der Waals surface area contributed by atoms with E-state index in [1.54, 1.807) is 0 Å². The molecule has 0 amide bonds. The van der Waals surface area contributed by atoms with E-state index in [1.165, 1.54) is 27.1 Å². The molecule has 16 rings (SSSR count). The van der Waals surface area contributed by atoms with Crippen molar-refractivity contribution in [2.45, 2.75) is 0 Å². The molecule has 0 radical (unpaired) electrons.